The first kappa shape index (κ1) is 34.8. The molecule has 0 aromatic heterocycles. The summed E-state index contributed by atoms with van der Waals surface area (Å²) >= 11 is 0. The Labute approximate surface area is 293 Å². The normalized spacial score (nSPS) is 17.9. The molecule has 2 aliphatic rings. The second kappa shape index (κ2) is 15.2. The third-order valence-electron chi connectivity index (χ3n) is 9.48. The van der Waals surface area contributed by atoms with Gasteiger partial charge in [-0.2, -0.15) is 0 Å². The van der Waals surface area contributed by atoms with Crippen LogP contribution in [0.3, 0.4) is 0 Å². The molecule has 0 aliphatic carbocycles. The predicted molar refractivity (Wildman–Crippen MR) is 198 cm³/mol. The third kappa shape index (κ3) is 6.61. The van der Waals surface area contributed by atoms with Gasteiger partial charge in [-0.3, -0.25) is 14.4 Å². The summed E-state index contributed by atoms with van der Waals surface area (Å²) < 4.78 is 5.03. The van der Waals surface area contributed by atoms with Crippen molar-refractivity contribution in [3.05, 3.63) is 139 Å². The van der Waals surface area contributed by atoms with Crippen molar-refractivity contribution >= 4 is 51.8 Å². The molecule has 50 heavy (non-hydrogen) atoms. The van der Waals surface area contributed by atoms with Gasteiger partial charge in [-0.15, -0.1) is 6.58 Å². The summed E-state index contributed by atoms with van der Waals surface area (Å²) in [5, 5.41) is 13.6. The van der Waals surface area contributed by atoms with Crippen molar-refractivity contribution in [3.63, 3.8) is 0 Å². The van der Waals surface area contributed by atoms with Crippen molar-refractivity contribution in [1.29, 1.82) is 0 Å². The first-order chi connectivity index (χ1) is 24.3. The lowest BCUT2D eigenvalue weighted by Crippen LogP contribution is -2.68. The summed E-state index contributed by atoms with van der Waals surface area (Å²) in [6.07, 6.45) is 0.740. The number of hydrogen-bond donors (Lipinski definition) is 1. The number of ether oxygens (including phenoxy) is 1. The first-order valence-corrected chi connectivity index (χ1v) is 18.7. The van der Waals surface area contributed by atoms with Crippen LogP contribution in [0.2, 0.25) is 0 Å². The number of Topliss-reactive ketones (excluding diaryl/α,β-unsaturated/α-hetero) is 2. The number of rotatable bonds is 14. The molecule has 0 unspecified atom stereocenters. The number of aliphatic hydroxyl groups excluding tert-OH is 1. The number of ketones is 2. The van der Waals surface area contributed by atoms with E-state index >= 15 is 0 Å². The fourth-order valence-electron chi connectivity index (χ4n) is 7.07. The molecule has 0 bridgehead atoms. The van der Waals surface area contributed by atoms with Gasteiger partial charge in [0.1, 0.15) is 6.61 Å². The van der Waals surface area contributed by atoms with E-state index in [0.717, 1.165) is 21.5 Å². The summed E-state index contributed by atoms with van der Waals surface area (Å²) in [4.78, 5) is 58.2. The van der Waals surface area contributed by atoms with Gasteiger partial charge in [0, 0.05) is 31.8 Å². The smallest absolute Gasteiger partial charge is 0.410 e. The molecule has 0 radical (unpaired) electrons. The van der Waals surface area contributed by atoms with Gasteiger partial charge >= 0.3 is 6.09 Å². The van der Waals surface area contributed by atoms with Crippen molar-refractivity contribution in [2.45, 2.75) is 44.9 Å². The molecule has 0 saturated carbocycles. The Kier molecular flexibility index (Phi) is 10.6. The molecule has 4 aromatic carbocycles. The minimum Gasteiger partial charge on any atom is -0.448 e. The van der Waals surface area contributed by atoms with Crippen LogP contribution in [0.4, 0.5) is 4.79 Å². The highest BCUT2D eigenvalue weighted by Crippen LogP contribution is 2.50. The first-order valence-electron chi connectivity index (χ1n) is 16.9. The van der Waals surface area contributed by atoms with Gasteiger partial charge in [0.05, 0.1) is 30.0 Å². The van der Waals surface area contributed by atoms with Crippen LogP contribution in [-0.4, -0.2) is 69.2 Å². The summed E-state index contributed by atoms with van der Waals surface area (Å²) in [6, 6.07) is 35.8. The lowest BCUT2D eigenvalue weighted by Gasteiger charge is -2.51. The van der Waals surface area contributed by atoms with Crippen LogP contribution < -0.4 is 15.9 Å². The topological polar surface area (TPSA) is 104 Å². The highest BCUT2D eigenvalue weighted by atomic mass is 31.2. The molecular weight excluding hydrogens is 647 g/mol. The Morgan fingerprint density at radius 3 is 1.88 bits per heavy atom. The minimum atomic E-state index is -3.05. The molecule has 9 heteroatoms. The number of likely N-dealkylation sites (tertiary alicyclic amines) is 1. The molecule has 2 aliphatic heterocycles. The van der Waals surface area contributed by atoms with Crippen molar-refractivity contribution in [1.82, 2.24) is 9.80 Å². The van der Waals surface area contributed by atoms with Crippen molar-refractivity contribution in [2.24, 2.45) is 5.92 Å². The number of cyclic esters (lactones) is 1. The highest BCUT2D eigenvalue weighted by Gasteiger charge is 2.55. The van der Waals surface area contributed by atoms with E-state index < -0.39 is 24.9 Å². The monoisotopic (exact) mass is 688 g/mol. The van der Waals surface area contributed by atoms with Gasteiger partial charge in [0.2, 0.25) is 5.91 Å². The maximum absolute atomic E-state index is 14.8. The zero-order valence-electron chi connectivity index (χ0n) is 28.1. The van der Waals surface area contributed by atoms with Crippen LogP contribution in [0.5, 0.6) is 0 Å². The number of benzene rings is 4. The van der Waals surface area contributed by atoms with Crippen molar-refractivity contribution < 1.29 is 29.0 Å². The molecule has 6 rings (SSSR count). The van der Waals surface area contributed by atoms with E-state index in [1.54, 1.807) is 34.9 Å². The van der Waals surface area contributed by atoms with Crippen molar-refractivity contribution in [3.8, 4) is 0 Å². The van der Waals surface area contributed by atoms with Crippen molar-refractivity contribution in [2.75, 3.05) is 13.2 Å². The Morgan fingerprint density at radius 2 is 1.42 bits per heavy atom. The Balaban J connectivity index is 1.51. The number of allylic oxidation sites excluding steroid dienone is 1. The lowest BCUT2D eigenvalue weighted by atomic mass is 9.79. The van der Waals surface area contributed by atoms with Crippen LogP contribution in [0.1, 0.15) is 42.1 Å². The molecular formula is C41H41N2O6P. The van der Waals surface area contributed by atoms with E-state index in [4.69, 9.17) is 4.74 Å². The second-order valence-corrected chi connectivity index (χ2v) is 16.0. The van der Waals surface area contributed by atoms with E-state index in [9.17, 15) is 24.3 Å². The van der Waals surface area contributed by atoms with Gasteiger partial charge < -0.3 is 19.6 Å². The number of hydrogen-bond acceptors (Lipinski definition) is 6. The van der Waals surface area contributed by atoms with Crippen LogP contribution in [0.15, 0.2) is 128 Å². The van der Waals surface area contributed by atoms with Crippen LogP contribution >= 0.6 is 6.89 Å². The molecule has 8 nitrogen and oxygen atoms in total. The molecule has 2 amide bonds. The lowest BCUT2D eigenvalue weighted by molar-refractivity contribution is -0.155. The van der Waals surface area contributed by atoms with E-state index in [1.165, 1.54) is 0 Å². The maximum atomic E-state index is 14.8. The third-order valence-corrected chi connectivity index (χ3v) is 13.8. The Bertz CT molecular complexity index is 1820. The summed E-state index contributed by atoms with van der Waals surface area (Å²) in [5.41, 5.74) is 1.65. The van der Waals surface area contributed by atoms with E-state index in [-0.39, 0.29) is 36.4 Å². The van der Waals surface area contributed by atoms with Crippen LogP contribution in [0, 0.1) is 5.92 Å². The predicted octanol–water partition coefficient (Wildman–Crippen LogP) is 5.08. The molecule has 4 aromatic rings. The maximum Gasteiger partial charge on any atom is 0.410 e. The summed E-state index contributed by atoms with van der Waals surface area (Å²) in [7, 11) is 0. The standard InChI is InChI=1S/C41H41N2O6P/c1-3-4-20-36(45)40(50(32-14-8-5-9-15-32,33-16-10-6-11-17-33)34-18-12-7-13-19-34)43-35(38(29(2)44)39(43)47)27-37(46)31-23-21-30(22-24-31)28-42-25-26-49-41(42)48/h3,5-19,21-24,29,35,38,44H,1,4,20,25-28H2,2H3/t29-,35-,38-/m1/s1. The van der Waals surface area contributed by atoms with Gasteiger partial charge in [-0.1, -0.05) is 121 Å². The number of carbonyl (C=O) groups excluding carboxylic acids is 4. The quantitative estimate of drug-likeness (QED) is 0.0859. The SMILES string of the molecule is C=CCCC(=O)C(N1C(=O)[C@H]([C@@H](C)O)[C@H]1CC(=O)c1ccc(CN2CCOC2=O)cc1)=P(c1ccccc1)(c1ccccc1)c1ccccc1. The number of carbonyl (C=O) groups is 4. The van der Waals surface area contributed by atoms with Gasteiger partial charge in [0.15, 0.2) is 11.6 Å². The molecule has 0 spiro atoms. The van der Waals surface area contributed by atoms with Gasteiger partial charge in [-0.25, -0.2) is 4.79 Å². The molecule has 2 fully saturated rings. The largest absolute Gasteiger partial charge is 0.448 e. The zero-order valence-corrected chi connectivity index (χ0v) is 29.0. The number of β-lactam (4-membered cyclic amide) rings is 1. The molecule has 1 N–H and O–H groups in total. The number of nitrogens with zero attached hydrogens (tertiary/aromatic N) is 2. The Morgan fingerprint density at radius 1 is 0.880 bits per heavy atom. The fraction of sp³-hybridized carbons (Fsp3) is 0.244. The van der Waals surface area contributed by atoms with Crippen LogP contribution in [-0.2, 0) is 20.9 Å². The molecule has 2 heterocycles. The number of amides is 2. The van der Waals surface area contributed by atoms with Crippen LogP contribution in [0.25, 0.3) is 0 Å². The number of aliphatic hydroxyl groups is 1. The van der Waals surface area contributed by atoms with Gasteiger partial charge in [-0.05, 0) is 34.8 Å². The molecule has 2 saturated heterocycles. The van der Waals surface area contributed by atoms with Gasteiger partial charge in [0.25, 0.3) is 0 Å². The van der Waals surface area contributed by atoms with E-state index in [1.807, 2.05) is 103 Å². The molecule has 256 valence electrons. The summed E-state index contributed by atoms with van der Waals surface area (Å²) in [5.74, 6) is -1.66. The average Bonchev–Trinajstić information content (AvgIpc) is 3.55. The molecule has 3 atom stereocenters. The average molecular weight is 689 g/mol. The minimum absolute atomic E-state index is 0.0876. The Hall–Kier alpha value is -5.04. The van der Waals surface area contributed by atoms with E-state index in [0.29, 0.717) is 37.1 Å². The fourth-order valence-corrected chi connectivity index (χ4v) is 11.6. The zero-order chi connectivity index (χ0) is 35.3. The highest BCUT2D eigenvalue weighted by molar-refractivity contribution is 7.96. The second-order valence-electron chi connectivity index (χ2n) is 12.7. The summed E-state index contributed by atoms with van der Waals surface area (Å²) in [6.45, 7) is 3.59. The van der Waals surface area contributed by atoms with E-state index in [2.05, 4.69) is 6.58 Å².